The Bertz CT molecular complexity index is 235. The van der Waals surface area contributed by atoms with Gasteiger partial charge in [0.2, 0.25) is 0 Å². The van der Waals surface area contributed by atoms with Gasteiger partial charge in [0.1, 0.15) is 0 Å². The molecule has 0 amide bonds. The fourth-order valence-electron chi connectivity index (χ4n) is 3.13. The zero-order valence-electron chi connectivity index (χ0n) is 9.78. The summed E-state index contributed by atoms with van der Waals surface area (Å²) in [5.74, 6) is 1.23. The van der Waals surface area contributed by atoms with Gasteiger partial charge in [0.05, 0.1) is 6.07 Å². The molecule has 0 bridgehead atoms. The van der Waals surface area contributed by atoms with Gasteiger partial charge in [-0.3, -0.25) is 0 Å². The molecular formula is C13H22N2. The third kappa shape index (κ3) is 2.72. The molecule has 0 unspecified atom stereocenters. The zero-order valence-corrected chi connectivity index (χ0v) is 9.78. The first kappa shape index (κ1) is 11.0. The second kappa shape index (κ2) is 4.99. The summed E-state index contributed by atoms with van der Waals surface area (Å²) in [6.07, 6.45) is 7.55. The molecule has 0 aromatic carbocycles. The molecule has 84 valence electrons. The number of hydrogen-bond donors (Lipinski definition) is 0. The SMILES string of the molecule is C[C@@H]1CCCN(C2CCC(C#N)CC2)C1. The average Bonchev–Trinajstić information content (AvgIpc) is 2.29. The second-order valence-electron chi connectivity index (χ2n) is 5.38. The molecule has 2 aliphatic rings. The van der Waals surface area contributed by atoms with Gasteiger partial charge in [-0.1, -0.05) is 6.92 Å². The van der Waals surface area contributed by atoms with E-state index in [1.165, 1.54) is 38.8 Å². The van der Waals surface area contributed by atoms with E-state index in [4.69, 9.17) is 5.26 Å². The molecule has 1 saturated heterocycles. The summed E-state index contributed by atoms with van der Waals surface area (Å²) in [5.41, 5.74) is 0. The summed E-state index contributed by atoms with van der Waals surface area (Å²) in [4.78, 5) is 2.68. The summed E-state index contributed by atoms with van der Waals surface area (Å²) in [6, 6.07) is 3.21. The van der Waals surface area contributed by atoms with E-state index in [0.29, 0.717) is 5.92 Å². The van der Waals surface area contributed by atoms with Crippen LogP contribution < -0.4 is 0 Å². The maximum absolute atomic E-state index is 8.87. The van der Waals surface area contributed by atoms with Crippen LogP contribution in [0.4, 0.5) is 0 Å². The van der Waals surface area contributed by atoms with E-state index in [1.54, 1.807) is 0 Å². The predicted octanol–water partition coefficient (Wildman–Crippen LogP) is 2.80. The van der Waals surface area contributed by atoms with Crippen LogP contribution in [0.15, 0.2) is 0 Å². The Kier molecular flexibility index (Phi) is 3.64. The van der Waals surface area contributed by atoms with Crippen molar-refractivity contribution in [2.75, 3.05) is 13.1 Å². The molecule has 1 heterocycles. The summed E-state index contributed by atoms with van der Waals surface area (Å²) in [7, 11) is 0. The minimum absolute atomic E-state index is 0.350. The normalized spacial score (nSPS) is 38.5. The van der Waals surface area contributed by atoms with Gasteiger partial charge in [0.25, 0.3) is 0 Å². The molecule has 0 aromatic heterocycles. The smallest absolute Gasteiger partial charge is 0.0655 e. The number of nitrogens with zero attached hydrogens (tertiary/aromatic N) is 2. The van der Waals surface area contributed by atoms with Gasteiger partial charge in [-0.2, -0.15) is 5.26 Å². The van der Waals surface area contributed by atoms with Crippen LogP contribution in [0.3, 0.4) is 0 Å². The highest BCUT2D eigenvalue weighted by molar-refractivity contribution is 4.90. The molecule has 2 rings (SSSR count). The van der Waals surface area contributed by atoms with Gasteiger partial charge in [0.15, 0.2) is 0 Å². The van der Waals surface area contributed by atoms with Gasteiger partial charge in [-0.05, 0) is 51.0 Å². The predicted molar refractivity (Wildman–Crippen MR) is 61.3 cm³/mol. The van der Waals surface area contributed by atoms with Crippen LogP contribution in [-0.4, -0.2) is 24.0 Å². The van der Waals surface area contributed by atoms with Crippen molar-refractivity contribution in [3.8, 4) is 6.07 Å². The van der Waals surface area contributed by atoms with Gasteiger partial charge in [0, 0.05) is 18.5 Å². The molecule has 2 heteroatoms. The highest BCUT2D eigenvalue weighted by Crippen LogP contribution is 2.29. The second-order valence-corrected chi connectivity index (χ2v) is 5.38. The molecule has 0 spiro atoms. The molecular weight excluding hydrogens is 184 g/mol. The van der Waals surface area contributed by atoms with Crippen molar-refractivity contribution < 1.29 is 0 Å². The number of rotatable bonds is 1. The first-order chi connectivity index (χ1) is 7.29. The van der Waals surface area contributed by atoms with Crippen molar-refractivity contribution >= 4 is 0 Å². The lowest BCUT2D eigenvalue weighted by atomic mass is 9.85. The lowest BCUT2D eigenvalue weighted by molar-refractivity contribution is 0.0977. The van der Waals surface area contributed by atoms with E-state index in [9.17, 15) is 0 Å². The Morgan fingerprint density at radius 2 is 1.87 bits per heavy atom. The van der Waals surface area contributed by atoms with E-state index in [-0.39, 0.29) is 0 Å². The molecule has 0 N–H and O–H groups in total. The van der Waals surface area contributed by atoms with Crippen molar-refractivity contribution in [2.24, 2.45) is 11.8 Å². The maximum Gasteiger partial charge on any atom is 0.0655 e. The highest BCUT2D eigenvalue weighted by Gasteiger charge is 2.28. The minimum atomic E-state index is 0.350. The summed E-state index contributed by atoms with van der Waals surface area (Å²) >= 11 is 0. The van der Waals surface area contributed by atoms with Crippen molar-refractivity contribution in [1.82, 2.24) is 4.90 Å². The lowest BCUT2D eigenvalue weighted by Crippen LogP contribution is -2.43. The third-order valence-electron chi connectivity index (χ3n) is 4.08. The fraction of sp³-hybridized carbons (Fsp3) is 0.923. The van der Waals surface area contributed by atoms with Gasteiger partial charge in [-0.15, -0.1) is 0 Å². The van der Waals surface area contributed by atoms with Crippen LogP contribution in [-0.2, 0) is 0 Å². The molecule has 0 radical (unpaired) electrons. The van der Waals surface area contributed by atoms with Crippen molar-refractivity contribution in [3.63, 3.8) is 0 Å². The summed E-state index contributed by atoms with van der Waals surface area (Å²) < 4.78 is 0. The highest BCUT2D eigenvalue weighted by atomic mass is 15.2. The minimum Gasteiger partial charge on any atom is -0.300 e. The summed E-state index contributed by atoms with van der Waals surface area (Å²) in [5, 5.41) is 8.87. The number of likely N-dealkylation sites (tertiary alicyclic amines) is 1. The van der Waals surface area contributed by atoms with Crippen LogP contribution in [0.2, 0.25) is 0 Å². The Hall–Kier alpha value is -0.550. The monoisotopic (exact) mass is 206 g/mol. The number of nitriles is 1. The first-order valence-corrected chi connectivity index (χ1v) is 6.43. The molecule has 1 atom stereocenters. The molecule has 2 nitrogen and oxygen atoms in total. The molecule has 2 fully saturated rings. The molecule has 15 heavy (non-hydrogen) atoms. The summed E-state index contributed by atoms with van der Waals surface area (Å²) in [6.45, 7) is 4.96. The van der Waals surface area contributed by atoms with E-state index in [0.717, 1.165) is 24.8 Å². The topological polar surface area (TPSA) is 27.0 Å². The first-order valence-electron chi connectivity index (χ1n) is 6.43. The fourth-order valence-corrected chi connectivity index (χ4v) is 3.13. The van der Waals surface area contributed by atoms with Crippen LogP contribution in [0, 0.1) is 23.2 Å². The van der Waals surface area contributed by atoms with Crippen LogP contribution in [0.1, 0.15) is 45.4 Å². The molecule has 0 aromatic rings. The maximum atomic E-state index is 8.87. The Labute approximate surface area is 93.3 Å². The average molecular weight is 206 g/mol. The van der Waals surface area contributed by atoms with Crippen molar-refractivity contribution in [2.45, 2.75) is 51.5 Å². The standard InChI is InChI=1S/C13H22N2/c1-11-3-2-8-15(10-11)13-6-4-12(9-14)5-7-13/h11-13H,2-8,10H2,1H3/t11-,12?,13?/m1/s1. The molecule has 1 aliphatic carbocycles. The quantitative estimate of drug-likeness (QED) is 0.659. The third-order valence-corrected chi connectivity index (χ3v) is 4.08. The van der Waals surface area contributed by atoms with Crippen LogP contribution >= 0.6 is 0 Å². The van der Waals surface area contributed by atoms with E-state index < -0.39 is 0 Å². The van der Waals surface area contributed by atoms with E-state index in [1.807, 2.05) is 0 Å². The molecule has 1 aliphatic heterocycles. The molecule has 1 saturated carbocycles. The lowest BCUT2D eigenvalue weighted by Gasteiger charge is -2.39. The Morgan fingerprint density at radius 3 is 2.47 bits per heavy atom. The van der Waals surface area contributed by atoms with Crippen molar-refractivity contribution in [1.29, 1.82) is 5.26 Å². The van der Waals surface area contributed by atoms with Gasteiger partial charge >= 0.3 is 0 Å². The Morgan fingerprint density at radius 1 is 1.13 bits per heavy atom. The van der Waals surface area contributed by atoms with E-state index in [2.05, 4.69) is 17.9 Å². The Balaban J connectivity index is 1.82. The van der Waals surface area contributed by atoms with Crippen LogP contribution in [0.5, 0.6) is 0 Å². The van der Waals surface area contributed by atoms with E-state index >= 15 is 0 Å². The van der Waals surface area contributed by atoms with Crippen molar-refractivity contribution in [3.05, 3.63) is 0 Å². The number of piperidine rings is 1. The number of hydrogen-bond acceptors (Lipinski definition) is 2. The largest absolute Gasteiger partial charge is 0.300 e. The zero-order chi connectivity index (χ0) is 10.7. The van der Waals surface area contributed by atoms with Gasteiger partial charge in [-0.25, -0.2) is 0 Å². The van der Waals surface area contributed by atoms with Crippen LogP contribution in [0.25, 0.3) is 0 Å². The van der Waals surface area contributed by atoms with Gasteiger partial charge < -0.3 is 4.90 Å².